The van der Waals surface area contributed by atoms with E-state index < -0.39 is 16.1 Å². The van der Waals surface area contributed by atoms with Crippen molar-refractivity contribution in [2.45, 2.75) is 45.6 Å². The second-order valence-corrected chi connectivity index (χ2v) is 8.07. The Bertz CT molecular complexity index is 652. The van der Waals surface area contributed by atoms with Crippen molar-refractivity contribution >= 4 is 21.6 Å². The van der Waals surface area contributed by atoms with Crippen molar-refractivity contribution in [3.63, 3.8) is 0 Å². The Balaban J connectivity index is 2.38. The van der Waals surface area contributed by atoms with Gasteiger partial charge in [0.1, 0.15) is 6.04 Å². The van der Waals surface area contributed by atoms with Crippen LogP contribution in [0, 0.1) is 6.92 Å². The van der Waals surface area contributed by atoms with Gasteiger partial charge in [-0.3, -0.25) is 9.10 Å². The second kappa shape index (κ2) is 7.34. The van der Waals surface area contributed by atoms with Crippen molar-refractivity contribution in [2.75, 3.05) is 23.7 Å². The summed E-state index contributed by atoms with van der Waals surface area (Å²) in [5, 5.41) is 0. The first-order valence-corrected chi connectivity index (χ1v) is 10.0. The Morgan fingerprint density at radius 1 is 1.26 bits per heavy atom. The van der Waals surface area contributed by atoms with Crippen molar-refractivity contribution in [2.24, 2.45) is 0 Å². The number of aryl methyl sites for hydroxylation is 1. The molecule has 1 unspecified atom stereocenters. The highest BCUT2D eigenvalue weighted by molar-refractivity contribution is 7.92. The zero-order valence-corrected chi connectivity index (χ0v) is 15.0. The summed E-state index contributed by atoms with van der Waals surface area (Å²) in [5.74, 6) is -0.0841. The van der Waals surface area contributed by atoms with E-state index in [-0.39, 0.29) is 5.91 Å². The van der Waals surface area contributed by atoms with Gasteiger partial charge in [-0.1, -0.05) is 19.1 Å². The average molecular weight is 338 g/mol. The fourth-order valence-electron chi connectivity index (χ4n) is 3.13. The first kappa shape index (κ1) is 17.8. The first-order valence-electron chi connectivity index (χ1n) is 8.19. The summed E-state index contributed by atoms with van der Waals surface area (Å²) < 4.78 is 26.1. The molecule has 1 atom stereocenters. The maximum atomic E-state index is 12.9. The molecular weight excluding hydrogens is 312 g/mol. The predicted octanol–water partition coefficient (Wildman–Crippen LogP) is 2.55. The van der Waals surface area contributed by atoms with Crippen LogP contribution < -0.4 is 4.31 Å². The Kier molecular flexibility index (Phi) is 5.68. The van der Waals surface area contributed by atoms with Crippen molar-refractivity contribution < 1.29 is 13.2 Å². The fraction of sp³-hybridized carbons (Fsp3) is 0.588. The second-order valence-electron chi connectivity index (χ2n) is 6.21. The molecule has 1 aliphatic rings. The average Bonchev–Trinajstić information content (AvgIpc) is 2.51. The normalized spacial score (nSPS) is 16.9. The molecule has 1 aromatic carbocycles. The molecular formula is C17H26N2O3S. The van der Waals surface area contributed by atoms with Crippen LogP contribution in [0.5, 0.6) is 0 Å². The summed E-state index contributed by atoms with van der Waals surface area (Å²) in [6.45, 7) is 5.22. The third-order valence-corrected chi connectivity index (χ3v) is 5.42. The van der Waals surface area contributed by atoms with E-state index in [9.17, 15) is 13.2 Å². The molecule has 1 fully saturated rings. The molecule has 23 heavy (non-hydrogen) atoms. The van der Waals surface area contributed by atoms with Crippen LogP contribution in [-0.4, -0.2) is 44.6 Å². The van der Waals surface area contributed by atoms with Crippen LogP contribution in [0.3, 0.4) is 0 Å². The highest BCUT2D eigenvalue weighted by atomic mass is 32.2. The van der Waals surface area contributed by atoms with E-state index in [0.29, 0.717) is 12.1 Å². The molecule has 1 saturated heterocycles. The number of carbonyl (C=O) groups is 1. The zero-order valence-electron chi connectivity index (χ0n) is 14.2. The number of hydrogen-bond donors (Lipinski definition) is 0. The van der Waals surface area contributed by atoms with Crippen LogP contribution in [-0.2, 0) is 14.8 Å². The number of nitrogens with zero attached hydrogens (tertiary/aromatic N) is 2. The van der Waals surface area contributed by atoms with E-state index in [0.717, 1.165) is 37.9 Å². The lowest BCUT2D eigenvalue weighted by molar-refractivity contribution is -0.133. The molecule has 0 bridgehead atoms. The fourth-order valence-corrected chi connectivity index (χ4v) is 4.33. The summed E-state index contributed by atoms with van der Waals surface area (Å²) in [4.78, 5) is 14.7. The summed E-state index contributed by atoms with van der Waals surface area (Å²) in [6.07, 6.45) is 4.74. The van der Waals surface area contributed by atoms with Crippen LogP contribution >= 0.6 is 0 Å². The van der Waals surface area contributed by atoms with Gasteiger partial charge in [0.25, 0.3) is 0 Å². The number of anilines is 1. The van der Waals surface area contributed by atoms with Gasteiger partial charge in [-0.25, -0.2) is 8.42 Å². The number of sulfonamides is 1. The quantitative estimate of drug-likeness (QED) is 0.829. The number of benzene rings is 1. The number of likely N-dealkylation sites (tertiary alicyclic amines) is 1. The van der Waals surface area contributed by atoms with Gasteiger partial charge >= 0.3 is 0 Å². The minimum atomic E-state index is -3.54. The number of carbonyl (C=O) groups excluding carboxylic acids is 1. The Morgan fingerprint density at radius 3 is 2.43 bits per heavy atom. The van der Waals surface area contributed by atoms with Crippen molar-refractivity contribution in [1.29, 1.82) is 0 Å². The molecule has 6 heteroatoms. The molecule has 0 N–H and O–H groups in total. The zero-order chi connectivity index (χ0) is 17.0. The van der Waals surface area contributed by atoms with Crippen LogP contribution in [0.15, 0.2) is 24.3 Å². The Labute approximate surface area is 139 Å². The van der Waals surface area contributed by atoms with Gasteiger partial charge in [0.15, 0.2) is 0 Å². The lowest BCUT2D eigenvalue weighted by Crippen LogP contribution is -2.51. The molecule has 0 aromatic heterocycles. The monoisotopic (exact) mass is 338 g/mol. The van der Waals surface area contributed by atoms with Gasteiger partial charge in [-0.2, -0.15) is 0 Å². The molecule has 0 radical (unpaired) electrons. The van der Waals surface area contributed by atoms with E-state index in [1.165, 1.54) is 10.6 Å². The van der Waals surface area contributed by atoms with E-state index in [4.69, 9.17) is 0 Å². The molecule has 1 amide bonds. The highest BCUT2D eigenvalue weighted by Crippen LogP contribution is 2.25. The number of amides is 1. The third-order valence-electron chi connectivity index (χ3n) is 4.24. The predicted molar refractivity (Wildman–Crippen MR) is 93.0 cm³/mol. The minimum Gasteiger partial charge on any atom is -0.341 e. The van der Waals surface area contributed by atoms with Gasteiger partial charge in [0.05, 0.1) is 11.9 Å². The van der Waals surface area contributed by atoms with E-state index in [2.05, 4.69) is 0 Å². The van der Waals surface area contributed by atoms with Gasteiger partial charge in [-0.15, -0.1) is 0 Å². The molecule has 0 spiro atoms. The number of rotatable bonds is 5. The van der Waals surface area contributed by atoms with Crippen molar-refractivity contribution in [1.82, 2.24) is 4.90 Å². The topological polar surface area (TPSA) is 57.7 Å². The van der Waals surface area contributed by atoms with Gasteiger partial charge in [0, 0.05) is 13.1 Å². The summed E-state index contributed by atoms with van der Waals surface area (Å²) >= 11 is 0. The number of hydrogen-bond acceptors (Lipinski definition) is 3. The maximum Gasteiger partial charge on any atom is 0.246 e. The Hall–Kier alpha value is -1.56. The van der Waals surface area contributed by atoms with Gasteiger partial charge in [0.2, 0.25) is 15.9 Å². The van der Waals surface area contributed by atoms with Crippen molar-refractivity contribution in [3.8, 4) is 0 Å². The van der Waals surface area contributed by atoms with E-state index >= 15 is 0 Å². The van der Waals surface area contributed by atoms with E-state index in [1.54, 1.807) is 6.07 Å². The van der Waals surface area contributed by atoms with Crippen LogP contribution in [0.25, 0.3) is 0 Å². The smallest absolute Gasteiger partial charge is 0.246 e. The minimum absolute atomic E-state index is 0.0841. The number of piperidine rings is 1. The molecule has 0 aliphatic carbocycles. The van der Waals surface area contributed by atoms with Crippen molar-refractivity contribution in [3.05, 3.63) is 29.8 Å². The lowest BCUT2D eigenvalue weighted by Gasteiger charge is -2.35. The van der Waals surface area contributed by atoms with Crippen LogP contribution in [0.2, 0.25) is 0 Å². The maximum absolute atomic E-state index is 12.9. The first-order chi connectivity index (χ1) is 10.8. The Morgan fingerprint density at radius 2 is 1.91 bits per heavy atom. The summed E-state index contributed by atoms with van der Waals surface area (Å²) in [5.41, 5.74) is 1.53. The largest absolute Gasteiger partial charge is 0.341 e. The molecule has 0 saturated carbocycles. The van der Waals surface area contributed by atoms with Gasteiger partial charge in [-0.05, 0) is 50.3 Å². The molecule has 1 heterocycles. The lowest BCUT2D eigenvalue weighted by atomic mass is 10.1. The third kappa shape index (κ3) is 4.25. The van der Waals surface area contributed by atoms with E-state index in [1.807, 2.05) is 36.9 Å². The SMILES string of the molecule is CCC(C(=O)N1CCCCC1)N(c1cccc(C)c1)S(C)(=O)=O. The molecule has 2 rings (SSSR count). The molecule has 5 nitrogen and oxygen atoms in total. The molecule has 1 aromatic rings. The molecule has 128 valence electrons. The van der Waals surface area contributed by atoms with Crippen LogP contribution in [0.1, 0.15) is 38.2 Å². The standard InChI is InChI=1S/C17H26N2O3S/c1-4-16(17(20)18-11-6-5-7-12-18)19(23(3,21)22)15-10-8-9-14(2)13-15/h8-10,13,16H,4-7,11-12H2,1-3H3. The van der Waals surface area contributed by atoms with Gasteiger partial charge < -0.3 is 4.90 Å². The highest BCUT2D eigenvalue weighted by Gasteiger charge is 2.34. The summed E-state index contributed by atoms with van der Waals surface area (Å²) in [7, 11) is -3.54. The molecule has 1 aliphatic heterocycles. The summed E-state index contributed by atoms with van der Waals surface area (Å²) in [6, 6.07) is 6.62. The van der Waals surface area contributed by atoms with Crippen LogP contribution in [0.4, 0.5) is 5.69 Å².